The number of amides is 2. The Morgan fingerprint density at radius 3 is 2.70 bits per heavy atom. The molecule has 0 bridgehead atoms. The average Bonchev–Trinajstić information content (AvgIpc) is 2.62. The van der Waals surface area contributed by atoms with Gasteiger partial charge in [0.2, 0.25) is 0 Å². The molecule has 0 unspecified atom stereocenters. The summed E-state index contributed by atoms with van der Waals surface area (Å²) in [5, 5.41) is 5.74. The van der Waals surface area contributed by atoms with Gasteiger partial charge >= 0.3 is 6.03 Å². The minimum Gasteiger partial charge on any atom is -0.378 e. The van der Waals surface area contributed by atoms with Gasteiger partial charge in [-0.3, -0.25) is 0 Å². The van der Waals surface area contributed by atoms with Gasteiger partial charge in [0.15, 0.2) is 5.82 Å². The molecule has 2 aromatic rings. The molecule has 2 N–H and O–H groups in total. The molecule has 6 nitrogen and oxygen atoms in total. The summed E-state index contributed by atoms with van der Waals surface area (Å²) >= 11 is 0. The number of carbonyl (C=O) groups is 1. The predicted octanol–water partition coefficient (Wildman–Crippen LogP) is 2.24. The van der Waals surface area contributed by atoms with Crippen molar-refractivity contribution in [1.29, 1.82) is 0 Å². The second-order valence-corrected chi connectivity index (χ2v) is 5.27. The van der Waals surface area contributed by atoms with Crippen molar-refractivity contribution < 1.29 is 9.53 Å². The van der Waals surface area contributed by atoms with Gasteiger partial charge in [0.25, 0.3) is 0 Å². The Balaban J connectivity index is 1.62. The third-order valence-corrected chi connectivity index (χ3v) is 3.64. The maximum atomic E-state index is 12.1. The lowest BCUT2D eigenvalue weighted by molar-refractivity contribution is 0.122. The van der Waals surface area contributed by atoms with E-state index in [0.717, 1.165) is 24.5 Å². The molecular formula is C17H20N4O2. The van der Waals surface area contributed by atoms with Gasteiger partial charge in [0.1, 0.15) is 0 Å². The number of ether oxygens (including phenoxy) is 1. The fraction of sp³-hybridized carbons (Fsp3) is 0.294. The van der Waals surface area contributed by atoms with Crippen molar-refractivity contribution in [3.8, 4) is 0 Å². The summed E-state index contributed by atoms with van der Waals surface area (Å²) in [6.07, 6.45) is 1.73. The molecule has 1 saturated heterocycles. The fourth-order valence-corrected chi connectivity index (χ4v) is 2.47. The normalized spacial score (nSPS) is 14.3. The van der Waals surface area contributed by atoms with Crippen molar-refractivity contribution >= 4 is 17.5 Å². The molecule has 0 atom stereocenters. The van der Waals surface area contributed by atoms with E-state index in [9.17, 15) is 4.79 Å². The first kappa shape index (κ1) is 15.3. The SMILES string of the molecule is O=C(NCc1ccccc1)Nc1cccnc1N1CCOCC1. The van der Waals surface area contributed by atoms with Gasteiger partial charge in [-0.2, -0.15) is 0 Å². The van der Waals surface area contributed by atoms with E-state index in [4.69, 9.17) is 4.74 Å². The summed E-state index contributed by atoms with van der Waals surface area (Å²) in [7, 11) is 0. The summed E-state index contributed by atoms with van der Waals surface area (Å²) in [5.74, 6) is 0.783. The van der Waals surface area contributed by atoms with Crippen LogP contribution in [0.3, 0.4) is 0 Å². The Hall–Kier alpha value is -2.60. The molecule has 1 fully saturated rings. The van der Waals surface area contributed by atoms with Crippen LogP contribution in [-0.4, -0.2) is 37.3 Å². The van der Waals surface area contributed by atoms with Crippen molar-refractivity contribution in [2.75, 3.05) is 36.5 Å². The Bertz CT molecular complexity index is 642. The van der Waals surface area contributed by atoms with E-state index in [-0.39, 0.29) is 6.03 Å². The summed E-state index contributed by atoms with van der Waals surface area (Å²) < 4.78 is 5.36. The largest absolute Gasteiger partial charge is 0.378 e. The molecule has 0 radical (unpaired) electrons. The lowest BCUT2D eigenvalue weighted by Gasteiger charge is -2.29. The number of pyridine rings is 1. The number of aromatic nitrogens is 1. The zero-order valence-corrected chi connectivity index (χ0v) is 12.9. The maximum absolute atomic E-state index is 12.1. The lowest BCUT2D eigenvalue weighted by Crippen LogP contribution is -2.38. The van der Waals surface area contributed by atoms with Crippen molar-refractivity contribution in [1.82, 2.24) is 10.3 Å². The van der Waals surface area contributed by atoms with Crippen LogP contribution in [0.25, 0.3) is 0 Å². The van der Waals surface area contributed by atoms with E-state index in [1.54, 1.807) is 6.20 Å². The standard InChI is InChI=1S/C17H20N4O2/c22-17(19-13-14-5-2-1-3-6-14)20-15-7-4-8-18-16(15)21-9-11-23-12-10-21/h1-8H,9-13H2,(H2,19,20,22). The smallest absolute Gasteiger partial charge is 0.319 e. The molecule has 1 aromatic heterocycles. The second kappa shape index (κ2) is 7.60. The van der Waals surface area contributed by atoms with E-state index >= 15 is 0 Å². The molecule has 2 amide bonds. The first-order valence-corrected chi connectivity index (χ1v) is 7.69. The monoisotopic (exact) mass is 312 g/mol. The number of urea groups is 1. The number of hydrogen-bond acceptors (Lipinski definition) is 4. The van der Waals surface area contributed by atoms with Crippen LogP contribution in [0.15, 0.2) is 48.7 Å². The first-order chi connectivity index (χ1) is 11.3. The van der Waals surface area contributed by atoms with Gasteiger partial charge in [-0.25, -0.2) is 9.78 Å². The van der Waals surface area contributed by atoms with Crippen LogP contribution in [0.2, 0.25) is 0 Å². The number of nitrogens with one attached hydrogen (secondary N) is 2. The van der Waals surface area contributed by atoms with Crippen LogP contribution in [0.4, 0.5) is 16.3 Å². The van der Waals surface area contributed by atoms with Gasteiger partial charge in [-0.1, -0.05) is 30.3 Å². The van der Waals surface area contributed by atoms with Gasteiger partial charge in [0, 0.05) is 25.8 Å². The summed E-state index contributed by atoms with van der Waals surface area (Å²) in [5.41, 5.74) is 1.77. The highest BCUT2D eigenvalue weighted by Crippen LogP contribution is 2.23. The van der Waals surface area contributed by atoms with Crippen molar-refractivity contribution in [3.05, 3.63) is 54.2 Å². The number of nitrogens with zero attached hydrogens (tertiary/aromatic N) is 2. The highest BCUT2D eigenvalue weighted by atomic mass is 16.5. The van der Waals surface area contributed by atoms with Crippen LogP contribution < -0.4 is 15.5 Å². The summed E-state index contributed by atoms with van der Waals surface area (Å²) in [6.45, 7) is 3.39. The van der Waals surface area contributed by atoms with Crippen LogP contribution >= 0.6 is 0 Å². The number of morpholine rings is 1. The molecule has 120 valence electrons. The highest BCUT2D eigenvalue weighted by molar-refractivity contribution is 5.92. The van der Waals surface area contributed by atoms with E-state index in [2.05, 4.69) is 20.5 Å². The van der Waals surface area contributed by atoms with Gasteiger partial charge in [-0.15, -0.1) is 0 Å². The Labute approximate surface area is 135 Å². The number of anilines is 2. The molecule has 6 heteroatoms. The molecule has 0 saturated carbocycles. The maximum Gasteiger partial charge on any atom is 0.319 e. The fourth-order valence-electron chi connectivity index (χ4n) is 2.47. The summed E-state index contributed by atoms with van der Waals surface area (Å²) in [4.78, 5) is 18.7. The van der Waals surface area contributed by atoms with Gasteiger partial charge in [0.05, 0.1) is 18.9 Å². The predicted molar refractivity (Wildman–Crippen MR) is 89.6 cm³/mol. The molecule has 2 heterocycles. The quantitative estimate of drug-likeness (QED) is 0.908. The molecule has 0 aliphatic carbocycles. The third kappa shape index (κ3) is 4.20. The number of benzene rings is 1. The molecule has 23 heavy (non-hydrogen) atoms. The zero-order valence-electron chi connectivity index (χ0n) is 12.9. The lowest BCUT2D eigenvalue weighted by atomic mass is 10.2. The van der Waals surface area contributed by atoms with Crippen molar-refractivity contribution in [2.24, 2.45) is 0 Å². The topological polar surface area (TPSA) is 66.5 Å². The van der Waals surface area contributed by atoms with E-state index in [1.165, 1.54) is 0 Å². The van der Waals surface area contributed by atoms with Gasteiger partial charge < -0.3 is 20.3 Å². The molecule has 1 aliphatic heterocycles. The molecule has 1 aliphatic rings. The Morgan fingerprint density at radius 2 is 1.91 bits per heavy atom. The van der Waals surface area contributed by atoms with Crippen molar-refractivity contribution in [2.45, 2.75) is 6.54 Å². The van der Waals surface area contributed by atoms with Gasteiger partial charge in [-0.05, 0) is 17.7 Å². The van der Waals surface area contributed by atoms with E-state index in [0.29, 0.717) is 25.4 Å². The molecule has 0 spiro atoms. The first-order valence-electron chi connectivity index (χ1n) is 7.69. The molecule has 3 rings (SSSR count). The second-order valence-electron chi connectivity index (χ2n) is 5.27. The van der Waals surface area contributed by atoms with Crippen molar-refractivity contribution in [3.63, 3.8) is 0 Å². The van der Waals surface area contributed by atoms with Crippen LogP contribution in [0.5, 0.6) is 0 Å². The number of hydrogen-bond donors (Lipinski definition) is 2. The van der Waals surface area contributed by atoms with Crippen LogP contribution in [0, 0.1) is 0 Å². The van der Waals surface area contributed by atoms with E-state index in [1.807, 2.05) is 42.5 Å². The zero-order chi connectivity index (χ0) is 15.9. The van der Waals surface area contributed by atoms with Crippen LogP contribution in [0.1, 0.15) is 5.56 Å². The summed E-state index contributed by atoms with van der Waals surface area (Å²) in [6, 6.07) is 13.2. The van der Waals surface area contributed by atoms with E-state index < -0.39 is 0 Å². The third-order valence-electron chi connectivity index (χ3n) is 3.64. The average molecular weight is 312 g/mol. The van der Waals surface area contributed by atoms with Crippen LogP contribution in [-0.2, 0) is 11.3 Å². The minimum atomic E-state index is -0.239. The minimum absolute atomic E-state index is 0.239. The Kier molecular flexibility index (Phi) is 5.06. The molecular weight excluding hydrogens is 292 g/mol. The number of rotatable bonds is 4. The highest BCUT2D eigenvalue weighted by Gasteiger charge is 2.16. The Morgan fingerprint density at radius 1 is 1.13 bits per heavy atom. The number of carbonyl (C=O) groups excluding carboxylic acids is 1. The molecule has 1 aromatic carbocycles.